The fraction of sp³-hybridized carbons (Fsp3) is 0.286. The molecule has 124 valence electrons. The number of hydrogen-bond acceptors (Lipinski definition) is 4. The first kappa shape index (κ1) is 16.7. The first-order chi connectivity index (χ1) is 10.7. The maximum Gasteiger partial charge on any atom is 0.573 e. The molecule has 2 rings (SSSR count). The molecular weight excluding hydrogens is 315 g/mol. The van der Waals surface area contributed by atoms with Crippen LogP contribution in [0, 0.1) is 6.92 Å². The lowest BCUT2D eigenvalue weighted by atomic mass is 10.1. The number of ether oxygens (including phenoxy) is 1. The molecule has 0 aliphatic rings. The molecule has 0 bridgehead atoms. The summed E-state index contributed by atoms with van der Waals surface area (Å²) < 4.78 is 44.8. The van der Waals surface area contributed by atoms with Crippen LogP contribution in [0.1, 0.15) is 24.3 Å². The smallest absolute Gasteiger partial charge is 0.406 e. The molecule has 6 nitrogen and oxygen atoms in total. The van der Waals surface area contributed by atoms with Gasteiger partial charge < -0.3 is 14.6 Å². The normalized spacial score (nSPS) is 12.6. The number of anilines is 1. The summed E-state index contributed by atoms with van der Waals surface area (Å²) in [6, 6.07) is 5.84. The minimum absolute atomic E-state index is 0.265. The Bertz CT molecular complexity index is 668. The summed E-state index contributed by atoms with van der Waals surface area (Å²) in [4.78, 5) is 11.8. The van der Waals surface area contributed by atoms with Gasteiger partial charge in [0.1, 0.15) is 11.5 Å². The summed E-state index contributed by atoms with van der Waals surface area (Å²) in [6.07, 6.45) is -4.74. The Morgan fingerprint density at radius 3 is 2.48 bits per heavy atom. The van der Waals surface area contributed by atoms with Gasteiger partial charge in [0, 0.05) is 6.07 Å². The van der Waals surface area contributed by atoms with Gasteiger partial charge in [0.25, 0.3) is 0 Å². The number of urea groups is 1. The molecule has 1 aromatic heterocycles. The fourth-order valence-corrected chi connectivity index (χ4v) is 1.82. The van der Waals surface area contributed by atoms with Crippen molar-refractivity contribution in [2.75, 3.05) is 5.32 Å². The van der Waals surface area contributed by atoms with Crippen LogP contribution in [0.15, 0.2) is 34.9 Å². The number of rotatable bonds is 4. The number of carbonyl (C=O) groups excluding carboxylic acids is 1. The Morgan fingerprint density at radius 2 is 1.96 bits per heavy atom. The van der Waals surface area contributed by atoms with E-state index in [-0.39, 0.29) is 11.6 Å². The monoisotopic (exact) mass is 329 g/mol. The number of amides is 2. The molecule has 2 aromatic rings. The van der Waals surface area contributed by atoms with Crippen molar-refractivity contribution >= 4 is 11.8 Å². The van der Waals surface area contributed by atoms with Crippen molar-refractivity contribution in [1.29, 1.82) is 0 Å². The van der Waals surface area contributed by atoms with Gasteiger partial charge in [0.05, 0.1) is 6.04 Å². The number of aryl methyl sites for hydroxylation is 1. The van der Waals surface area contributed by atoms with Gasteiger partial charge in [-0.2, -0.15) is 0 Å². The average Bonchev–Trinajstić information content (AvgIpc) is 2.82. The molecule has 1 aromatic carbocycles. The highest BCUT2D eigenvalue weighted by molar-refractivity contribution is 5.88. The standard InChI is InChI=1S/C14H14F3N3O3/c1-8-7-12(20-23-8)19-13(21)18-9(2)10-3-5-11(6-4-10)22-14(15,16)17/h3-7,9H,1-2H3,(H2,18,19,20,21). The predicted octanol–water partition coefficient (Wildman–Crippen LogP) is 3.76. The van der Waals surface area contributed by atoms with E-state index >= 15 is 0 Å². The molecule has 0 aliphatic heterocycles. The van der Waals surface area contributed by atoms with Gasteiger partial charge in [-0.3, -0.25) is 5.32 Å². The van der Waals surface area contributed by atoms with Gasteiger partial charge >= 0.3 is 12.4 Å². The highest BCUT2D eigenvalue weighted by atomic mass is 19.4. The van der Waals surface area contributed by atoms with E-state index in [1.54, 1.807) is 19.9 Å². The number of nitrogens with zero attached hydrogens (tertiary/aromatic N) is 1. The van der Waals surface area contributed by atoms with Crippen LogP contribution >= 0.6 is 0 Å². The van der Waals surface area contributed by atoms with Crippen molar-refractivity contribution in [2.45, 2.75) is 26.3 Å². The molecule has 0 saturated heterocycles. The zero-order chi connectivity index (χ0) is 17.0. The Balaban J connectivity index is 1.92. The number of hydrogen-bond donors (Lipinski definition) is 2. The fourth-order valence-electron chi connectivity index (χ4n) is 1.82. The second kappa shape index (κ2) is 6.59. The van der Waals surface area contributed by atoms with Crippen molar-refractivity contribution in [3.05, 3.63) is 41.7 Å². The molecule has 1 atom stereocenters. The van der Waals surface area contributed by atoms with E-state index in [4.69, 9.17) is 4.52 Å². The summed E-state index contributed by atoms with van der Waals surface area (Å²) in [5, 5.41) is 8.72. The third kappa shape index (κ3) is 5.20. The molecule has 0 aliphatic carbocycles. The van der Waals surface area contributed by atoms with Crippen molar-refractivity contribution in [1.82, 2.24) is 10.5 Å². The first-order valence-electron chi connectivity index (χ1n) is 6.59. The number of aromatic nitrogens is 1. The van der Waals surface area contributed by atoms with Gasteiger partial charge in [-0.15, -0.1) is 13.2 Å². The summed E-state index contributed by atoms with van der Waals surface area (Å²) >= 11 is 0. The first-order valence-corrected chi connectivity index (χ1v) is 6.59. The molecule has 1 heterocycles. The maximum atomic E-state index is 12.1. The van der Waals surface area contributed by atoms with Gasteiger partial charge in [-0.05, 0) is 31.5 Å². The van der Waals surface area contributed by atoms with Crippen LogP contribution in [0.5, 0.6) is 5.75 Å². The minimum atomic E-state index is -4.74. The van der Waals surface area contributed by atoms with Gasteiger partial charge in [0.15, 0.2) is 5.82 Å². The van der Waals surface area contributed by atoms with E-state index in [2.05, 4.69) is 20.5 Å². The second-order valence-corrected chi connectivity index (χ2v) is 4.76. The third-order valence-electron chi connectivity index (χ3n) is 2.83. The second-order valence-electron chi connectivity index (χ2n) is 4.76. The van der Waals surface area contributed by atoms with Gasteiger partial charge in [0.2, 0.25) is 0 Å². The highest BCUT2D eigenvalue weighted by Crippen LogP contribution is 2.24. The molecule has 0 radical (unpaired) electrons. The molecule has 0 spiro atoms. The molecule has 1 unspecified atom stereocenters. The van der Waals surface area contributed by atoms with Gasteiger partial charge in [-0.1, -0.05) is 17.3 Å². The van der Waals surface area contributed by atoms with Crippen LogP contribution in [0.2, 0.25) is 0 Å². The third-order valence-corrected chi connectivity index (χ3v) is 2.83. The lowest BCUT2D eigenvalue weighted by molar-refractivity contribution is -0.274. The van der Waals surface area contributed by atoms with Crippen LogP contribution in [-0.2, 0) is 0 Å². The number of carbonyl (C=O) groups is 1. The maximum absolute atomic E-state index is 12.1. The number of nitrogens with one attached hydrogen (secondary N) is 2. The van der Waals surface area contributed by atoms with Gasteiger partial charge in [-0.25, -0.2) is 4.79 Å². The van der Waals surface area contributed by atoms with Crippen LogP contribution in [-0.4, -0.2) is 17.6 Å². The van der Waals surface area contributed by atoms with E-state index in [0.29, 0.717) is 11.3 Å². The lowest BCUT2D eigenvalue weighted by Crippen LogP contribution is -2.31. The Kier molecular flexibility index (Phi) is 4.77. The van der Waals surface area contributed by atoms with Crippen molar-refractivity contribution in [3.8, 4) is 5.75 Å². The topological polar surface area (TPSA) is 76.4 Å². The summed E-state index contributed by atoms with van der Waals surface area (Å²) in [6.45, 7) is 3.37. The SMILES string of the molecule is Cc1cc(NC(=O)NC(C)c2ccc(OC(F)(F)F)cc2)no1. The Morgan fingerprint density at radius 1 is 1.30 bits per heavy atom. The average molecular weight is 329 g/mol. The van der Waals surface area contributed by atoms with E-state index < -0.39 is 18.4 Å². The summed E-state index contributed by atoms with van der Waals surface area (Å²) in [5.41, 5.74) is 0.617. The van der Waals surface area contributed by atoms with Crippen LogP contribution < -0.4 is 15.4 Å². The molecule has 9 heteroatoms. The van der Waals surface area contributed by atoms with E-state index in [9.17, 15) is 18.0 Å². The van der Waals surface area contributed by atoms with Crippen molar-refractivity contribution in [3.63, 3.8) is 0 Å². The largest absolute Gasteiger partial charge is 0.573 e. The minimum Gasteiger partial charge on any atom is -0.406 e. The molecule has 2 amide bonds. The van der Waals surface area contributed by atoms with Crippen LogP contribution in [0.4, 0.5) is 23.8 Å². The molecule has 0 saturated carbocycles. The lowest BCUT2D eigenvalue weighted by Gasteiger charge is -2.15. The zero-order valence-corrected chi connectivity index (χ0v) is 12.3. The predicted molar refractivity (Wildman–Crippen MR) is 74.9 cm³/mol. The molecule has 2 N–H and O–H groups in total. The van der Waals surface area contributed by atoms with Crippen molar-refractivity contribution in [2.24, 2.45) is 0 Å². The number of halogens is 3. The summed E-state index contributed by atoms with van der Waals surface area (Å²) in [7, 11) is 0. The van der Waals surface area contributed by atoms with Crippen molar-refractivity contribution < 1.29 is 27.2 Å². The van der Waals surface area contributed by atoms with E-state index in [1.807, 2.05) is 0 Å². The Hall–Kier alpha value is -2.71. The summed E-state index contributed by atoms with van der Waals surface area (Å²) in [5.74, 6) is 0.491. The highest BCUT2D eigenvalue weighted by Gasteiger charge is 2.31. The van der Waals surface area contributed by atoms with E-state index in [1.165, 1.54) is 24.3 Å². The quantitative estimate of drug-likeness (QED) is 0.895. The number of benzene rings is 1. The molecular formula is C14H14F3N3O3. The van der Waals surface area contributed by atoms with Crippen LogP contribution in [0.3, 0.4) is 0 Å². The Labute approximate surface area is 129 Å². The molecule has 23 heavy (non-hydrogen) atoms. The number of alkyl halides is 3. The van der Waals surface area contributed by atoms with E-state index in [0.717, 1.165) is 0 Å². The molecule has 0 fully saturated rings. The zero-order valence-electron chi connectivity index (χ0n) is 12.3. The van der Waals surface area contributed by atoms with Crippen LogP contribution in [0.25, 0.3) is 0 Å².